The molecular formula is C22H21ClFN3O2. The second-order valence-corrected chi connectivity index (χ2v) is 7.49. The molecule has 0 saturated carbocycles. The lowest BCUT2D eigenvalue weighted by Crippen LogP contribution is -2.48. The smallest absolute Gasteiger partial charge is 0.228 e. The third kappa shape index (κ3) is 4.83. The fraction of sp³-hybridized carbons (Fsp3) is 0.273. The second-order valence-electron chi connectivity index (χ2n) is 7.08. The first kappa shape index (κ1) is 19.6. The first-order chi connectivity index (χ1) is 14.1. The monoisotopic (exact) mass is 413 g/mol. The summed E-state index contributed by atoms with van der Waals surface area (Å²) in [7, 11) is 0. The third-order valence-electron chi connectivity index (χ3n) is 5.04. The Hall–Kier alpha value is -2.70. The minimum atomic E-state index is -0.336. The van der Waals surface area contributed by atoms with Gasteiger partial charge in [-0.05, 0) is 29.8 Å². The Labute approximate surface area is 173 Å². The number of carbonyl (C=O) groups excluding carboxylic acids is 1. The van der Waals surface area contributed by atoms with Gasteiger partial charge in [-0.1, -0.05) is 35.9 Å². The molecule has 0 N–H and O–H groups in total. The summed E-state index contributed by atoms with van der Waals surface area (Å²) < 4.78 is 18.7. The number of halogens is 2. The summed E-state index contributed by atoms with van der Waals surface area (Å²) in [5, 5.41) is 0.434. The SMILES string of the molecule is O=C(Cc1coc(-c2ccccc2)n1)N1CCN(Cc2ccc(F)cc2Cl)CC1. The molecule has 4 rings (SSSR count). The van der Waals surface area contributed by atoms with Crippen LogP contribution in [-0.2, 0) is 17.8 Å². The van der Waals surface area contributed by atoms with E-state index in [1.54, 1.807) is 12.3 Å². The number of carbonyl (C=O) groups is 1. The number of piperazine rings is 1. The van der Waals surface area contributed by atoms with Gasteiger partial charge < -0.3 is 9.32 Å². The van der Waals surface area contributed by atoms with Crippen LogP contribution >= 0.6 is 11.6 Å². The number of benzene rings is 2. The van der Waals surface area contributed by atoms with Gasteiger partial charge in [0.15, 0.2) is 0 Å². The van der Waals surface area contributed by atoms with Crippen molar-refractivity contribution in [3.8, 4) is 11.5 Å². The highest BCUT2D eigenvalue weighted by Gasteiger charge is 2.22. The molecule has 0 aliphatic carbocycles. The van der Waals surface area contributed by atoms with E-state index >= 15 is 0 Å². The molecule has 7 heteroatoms. The average molecular weight is 414 g/mol. The van der Waals surface area contributed by atoms with E-state index in [1.807, 2.05) is 35.2 Å². The minimum Gasteiger partial charge on any atom is -0.444 e. The van der Waals surface area contributed by atoms with Crippen LogP contribution in [0.4, 0.5) is 4.39 Å². The van der Waals surface area contributed by atoms with Crippen molar-refractivity contribution in [3.05, 3.63) is 76.9 Å². The molecule has 150 valence electrons. The van der Waals surface area contributed by atoms with Gasteiger partial charge in [-0.25, -0.2) is 9.37 Å². The molecule has 1 saturated heterocycles. The lowest BCUT2D eigenvalue weighted by atomic mass is 10.2. The maximum absolute atomic E-state index is 13.2. The number of hydrogen-bond acceptors (Lipinski definition) is 4. The van der Waals surface area contributed by atoms with Crippen LogP contribution in [0.5, 0.6) is 0 Å². The zero-order chi connectivity index (χ0) is 20.2. The van der Waals surface area contributed by atoms with Crippen molar-refractivity contribution >= 4 is 17.5 Å². The van der Waals surface area contributed by atoms with E-state index in [4.69, 9.17) is 16.0 Å². The molecule has 2 heterocycles. The summed E-state index contributed by atoms with van der Waals surface area (Å²) in [6.45, 7) is 3.41. The first-order valence-electron chi connectivity index (χ1n) is 9.52. The molecule has 1 fully saturated rings. The van der Waals surface area contributed by atoms with Gasteiger partial charge in [0.25, 0.3) is 0 Å². The second kappa shape index (κ2) is 8.76. The molecule has 0 radical (unpaired) electrons. The van der Waals surface area contributed by atoms with Crippen LogP contribution in [0.1, 0.15) is 11.3 Å². The number of oxazole rings is 1. The Morgan fingerprint density at radius 1 is 1.10 bits per heavy atom. The highest BCUT2D eigenvalue weighted by Crippen LogP contribution is 2.21. The number of aromatic nitrogens is 1. The maximum Gasteiger partial charge on any atom is 0.228 e. The van der Waals surface area contributed by atoms with E-state index in [2.05, 4.69) is 9.88 Å². The largest absolute Gasteiger partial charge is 0.444 e. The van der Waals surface area contributed by atoms with E-state index in [0.29, 0.717) is 36.2 Å². The molecule has 1 aliphatic rings. The average Bonchev–Trinajstić information content (AvgIpc) is 3.20. The van der Waals surface area contributed by atoms with E-state index in [-0.39, 0.29) is 18.1 Å². The zero-order valence-corrected chi connectivity index (χ0v) is 16.6. The van der Waals surface area contributed by atoms with E-state index in [0.717, 1.165) is 24.2 Å². The quantitative estimate of drug-likeness (QED) is 0.634. The Kier molecular flexibility index (Phi) is 5.92. The van der Waals surface area contributed by atoms with Crippen LogP contribution in [0.3, 0.4) is 0 Å². The van der Waals surface area contributed by atoms with Crippen molar-refractivity contribution < 1.29 is 13.6 Å². The van der Waals surface area contributed by atoms with Crippen molar-refractivity contribution in [2.45, 2.75) is 13.0 Å². The normalized spacial score (nSPS) is 14.9. The van der Waals surface area contributed by atoms with E-state index < -0.39 is 0 Å². The molecule has 3 aromatic rings. The summed E-state index contributed by atoms with van der Waals surface area (Å²) in [5.41, 5.74) is 2.41. The lowest BCUT2D eigenvalue weighted by molar-refractivity contribution is -0.132. The highest BCUT2D eigenvalue weighted by molar-refractivity contribution is 6.31. The van der Waals surface area contributed by atoms with Crippen molar-refractivity contribution in [1.29, 1.82) is 0 Å². The van der Waals surface area contributed by atoms with Gasteiger partial charge in [0, 0.05) is 43.3 Å². The highest BCUT2D eigenvalue weighted by atomic mass is 35.5. The predicted molar refractivity (Wildman–Crippen MR) is 109 cm³/mol. The summed E-state index contributed by atoms with van der Waals surface area (Å²) in [5.74, 6) is 0.226. The fourth-order valence-electron chi connectivity index (χ4n) is 3.41. The zero-order valence-electron chi connectivity index (χ0n) is 15.9. The Morgan fingerprint density at radius 3 is 2.59 bits per heavy atom. The van der Waals surface area contributed by atoms with Gasteiger partial charge in [-0.15, -0.1) is 0 Å². The van der Waals surface area contributed by atoms with Crippen molar-refractivity contribution in [3.63, 3.8) is 0 Å². The standard InChI is InChI=1S/C22H21ClFN3O2/c23-20-12-18(24)7-6-17(20)14-26-8-10-27(11-9-26)21(28)13-19-15-29-22(25-19)16-4-2-1-3-5-16/h1-7,12,15H,8-11,13-14H2. The molecule has 0 spiro atoms. The molecule has 0 unspecified atom stereocenters. The van der Waals surface area contributed by atoms with Gasteiger partial charge in [-0.3, -0.25) is 9.69 Å². The molecule has 0 bridgehead atoms. The molecule has 1 amide bonds. The van der Waals surface area contributed by atoms with Crippen LogP contribution in [0.15, 0.2) is 59.2 Å². The molecule has 1 aromatic heterocycles. The van der Waals surface area contributed by atoms with Crippen LogP contribution in [0.25, 0.3) is 11.5 Å². The summed E-state index contributed by atoms with van der Waals surface area (Å²) in [6.07, 6.45) is 1.77. The van der Waals surface area contributed by atoms with E-state index in [9.17, 15) is 9.18 Å². The number of nitrogens with zero attached hydrogens (tertiary/aromatic N) is 3. The summed E-state index contributed by atoms with van der Waals surface area (Å²) >= 11 is 6.12. The van der Waals surface area contributed by atoms with Crippen LogP contribution in [0.2, 0.25) is 5.02 Å². The number of rotatable bonds is 5. The topological polar surface area (TPSA) is 49.6 Å². The summed E-state index contributed by atoms with van der Waals surface area (Å²) in [4.78, 5) is 21.1. The Morgan fingerprint density at radius 2 is 1.86 bits per heavy atom. The fourth-order valence-corrected chi connectivity index (χ4v) is 3.64. The molecule has 0 atom stereocenters. The molecular weight excluding hydrogens is 393 g/mol. The van der Waals surface area contributed by atoms with Gasteiger partial charge in [0.05, 0.1) is 12.1 Å². The molecule has 2 aromatic carbocycles. The van der Waals surface area contributed by atoms with Gasteiger partial charge >= 0.3 is 0 Å². The van der Waals surface area contributed by atoms with Crippen LogP contribution < -0.4 is 0 Å². The summed E-state index contributed by atoms with van der Waals surface area (Å²) in [6, 6.07) is 14.1. The van der Waals surface area contributed by atoms with Crippen molar-refractivity contribution in [1.82, 2.24) is 14.8 Å². The number of hydrogen-bond donors (Lipinski definition) is 0. The minimum absolute atomic E-state index is 0.0392. The van der Waals surface area contributed by atoms with Crippen LogP contribution in [-0.4, -0.2) is 46.9 Å². The van der Waals surface area contributed by atoms with Gasteiger partial charge in [0.2, 0.25) is 11.8 Å². The Bertz CT molecular complexity index is 985. The lowest BCUT2D eigenvalue weighted by Gasteiger charge is -2.34. The number of amides is 1. The molecule has 1 aliphatic heterocycles. The third-order valence-corrected chi connectivity index (χ3v) is 5.39. The van der Waals surface area contributed by atoms with Gasteiger partial charge in [0.1, 0.15) is 12.1 Å². The van der Waals surface area contributed by atoms with Gasteiger partial charge in [-0.2, -0.15) is 0 Å². The van der Waals surface area contributed by atoms with E-state index in [1.165, 1.54) is 12.1 Å². The first-order valence-corrected chi connectivity index (χ1v) is 9.90. The van der Waals surface area contributed by atoms with Crippen molar-refractivity contribution in [2.75, 3.05) is 26.2 Å². The Balaban J connectivity index is 1.30. The van der Waals surface area contributed by atoms with Crippen molar-refractivity contribution in [2.24, 2.45) is 0 Å². The predicted octanol–water partition coefficient (Wildman–Crippen LogP) is 4.02. The van der Waals surface area contributed by atoms with Crippen LogP contribution in [0, 0.1) is 5.82 Å². The maximum atomic E-state index is 13.2. The molecule has 29 heavy (non-hydrogen) atoms. The molecule has 5 nitrogen and oxygen atoms in total.